The number of hydrogen-bond donors (Lipinski definition) is 1. The van der Waals surface area contributed by atoms with Crippen LogP contribution in [-0.4, -0.2) is 38.4 Å². The molecule has 0 heterocycles. The van der Waals surface area contributed by atoms with Crippen LogP contribution in [0.2, 0.25) is 0 Å². The highest BCUT2D eigenvalue weighted by molar-refractivity contribution is 7.87. The Morgan fingerprint density at radius 2 is 1.94 bits per heavy atom. The Balaban J connectivity index is 2.50. The lowest BCUT2D eigenvalue weighted by molar-refractivity contribution is -0.149. The maximum absolute atomic E-state index is 11.9. The van der Waals surface area contributed by atoms with Crippen LogP contribution in [0.3, 0.4) is 0 Å². The van der Waals surface area contributed by atoms with Crippen LogP contribution in [0.5, 0.6) is 0 Å². The molecule has 1 aliphatic rings. The van der Waals surface area contributed by atoms with E-state index in [-0.39, 0.29) is 6.10 Å². The molecule has 0 saturated heterocycles. The first-order valence-electron chi connectivity index (χ1n) is 6.34. The van der Waals surface area contributed by atoms with E-state index in [9.17, 15) is 13.8 Å². The molecule has 0 radical (unpaired) electrons. The summed E-state index contributed by atoms with van der Waals surface area (Å²) in [6.07, 6.45) is 5.23. The Kier molecular flexibility index (Phi) is 6.32. The number of ether oxygens (including phenoxy) is 1. The summed E-state index contributed by atoms with van der Waals surface area (Å²) < 4.78 is 17.0. The summed E-state index contributed by atoms with van der Waals surface area (Å²) in [5, 5.41) is 7.77. The van der Waals surface area contributed by atoms with Gasteiger partial charge in [-0.25, -0.2) is 0 Å². The fraction of sp³-hybridized carbons (Fsp3) is 0.833. The fourth-order valence-corrected chi connectivity index (χ4v) is 3.19. The molecule has 5 nitrogen and oxygen atoms in total. The molecule has 6 heteroatoms. The smallest absolute Gasteiger partial charge is 0.321 e. The third-order valence-corrected chi connectivity index (χ3v) is 4.74. The molecule has 1 N–H and O–H groups in total. The van der Waals surface area contributed by atoms with Crippen LogP contribution in [0.15, 0.2) is 0 Å². The summed E-state index contributed by atoms with van der Waals surface area (Å²) in [6, 6.07) is 0. The molecule has 0 amide bonds. The van der Waals surface area contributed by atoms with Gasteiger partial charge in [-0.1, -0.05) is 13.3 Å². The van der Waals surface area contributed by atoms with Crippen LogP contribution in [0.1, 0.15) is 45.4 Å². The summed E-state index contributed by atoms with van der Waals surface area (Å²) in [5.74, 6) is -2.17. The van der Waals surface area contributed by atoms with Crippen LogP contribution in [0.4, 0.5) is 0 Å². The summed E-state index contributed by atoms with van der Waals surface area (Å²) in [7, 11) is -1.70. The first kappa shape index (κ1) is 15.1. The highest BCUT2D eigenvalue weighted by Crippen LogP contribution is 2.21. The van der Waals surface area contributed by atoms with Crippen LogP contribution < -0.4 is 0 Å². The molecule has 1 saturated carbocycles. The maximum Gasteiger partial charge on any atom is 0.321 e. The van der Waals surface area contributed by atoms with Crippen molar-refractivity contribution in [3.05, 3.63) is 0 Å². The van der Waals surface area contributed by atoms with Crippen molar-refractivity contribution < 1.29 is 23.6 Å². The Morgan fingerprint density at radius 3 is 2.44 bits per heavy atom. The molecule has 1 fully saturated rings. The van der Waals surface area contributed by atoms with Crippen LogP contribution in [0.25, 0.3) is 0 Å². The largest absolute Gasteiger partial charge is 0.481 e. The molecule has 0 aliphatic heterocycles. The third kappa shape index (κ3) is 4.76. The number of carboxylic acids is 1. The van der Waals surface area contributed by atoms with E-state index in [1.54, 1.807) is 6.92 Å². The lowest BCUT2D eigenvalue weighted by Gasteiger charge is -2.23. The molecule has 0 aromatic heterocycles. The number of carbonyl (C=O) groups is 2. The Bertz CT molecular complexity index is 322. The second kappa shape index (κ2) is 7.51. The molecular formula is C12H20O5S. The predicted molar refractivity (Wildman–Crippen MR) is 67.7 cm³/mol. The first-order chi connectivity index (χ1) is 8.54. The Labute approximate surface area is 109 Å². The quantitative estimate of drug-likeness (QED) is 0.743. The van der Waals surface area contributed by atoms with Crippen molar-refractivity contribution in [2.24, 2.45) is 0 Å². The molecule has 18 heavy (non-hydrogen) atoms. The van der Waals surface area contributed by atoms with Crippen LogP contribution >= 0.6 is 0 Å². The van der Waals surface area contributed by atoms with E-state index in [0.717, 1.165) is 32.1 Å². The van der Waals surface area contributed by atoms with Crippen LogP contribution in [0, 0.1) is 0 Å². The van der Waals surface area contributed by atoms with E-state index in [4.69, 9.17) is 9.84 Å². The van der Waals surface area contributed by atoms with Crippen molar-refractivity contribution in [1.29, 1.82) is 0 Å². The monoisotopic (exact) mass is 276 g/mol. The lowest BCUT2D eigenvalue weighted by atomic mass is 9.98. The van der Waals surface area contributed by atoms with Gasteiger partial charge in [0.25, 0.3) is 0 Å². The Hall–Kier alpha value is -0.910. The zero-order chi connectivity index (χ0) is 13.5. The molecule has 1 rings (SSSR count). The highest BCUT2D eigenvalue weighted by Gasteiger charge is 2.29. The fourth-order valence-electron chi connectivity index (χ4n) is 2.11. The van der Waals surface area contributed by atoms with Crippen molar-refractivity contribution in [1.82, 2.24) is 0 Å². The highest BCUT2D eigenvalue weighted by atomic mass is 32.2. The molecule has 2 unspecified atom stereocenters. The molecule has 1 aliphatic carbocycles. The number of hydrogen-bond acceptors (Lipinski definition) is 4. The number of aliphatic carboxylic acids is 1. The summed E-state index contributed by atoms with van der Waals surface area (Å²) in [5.41, 5.74) is 0. The molecular weight excluding hydrogens is 256 g/mol. The minimum atomic E-state index is -1.70. The number of esters is 1. The maximum atomic E-state index is 11.9. The van der Waals surface area contributed by atoms with E-state index in [1.165, 1.54) is 0 Å². The van der Waals surface area contributed by atoms with Gasteiger partial charge in [0.05, 0.1) is 0 Å². The third-order valence-electron chi connectivity index (χ3n) is 3.05. The van der Waals surface area contributed by atoms with Gasteiger partial charge in [-0.15, -0.1) is 0 Å². The normalized spacial score (nSPS) is 20.1. The zero-order valence-corrected chi connectivity index (χ0v) is 11.4. The van der Waals surface area contributed by atoms with Crippen LogP contribution in [-0.2, 0) is 25.1 Å². The number of rotatable bonds is 6. The van der Waals surface area contributed by atoms with Gasteiger partial charge >= 0.3 is 11.9 Å². The standard InChI is InChI=1S/C12H20O5S/c1-2-10(18(16)8-11(13)14)12(15)17-9-6-4-3-5-7-9/h9-10H,2-8H2,1H3,(H,13,14). The lowest BCUT2D eigenvalue weighted by Crippen LogP contribution is -2.34. The van der Waals surface area contributed by atoms with Crippen molar-refractivity contribution in [2.45, 2.75) is 56.8 Å². The first-order valence-corrected chi connectivity index (χ1v) is 7.72. The van der Waals surface area contributed by atoms with Gasteiger partial charge in [0.1, 0.15) is 17.1 Å². The van der Waals surface area contributed by atoms with Crippen molar-refractivity contribution in [2.75, 3.05) is 5.75 Å². The molecule has 0 aromatic rings. The van der Waals surface area contributed by atoms with Gasteiger partial charge in [0, 0.05) is 10.8 Å². The molecule has 2 atom stereocenters. The van der Waals surface area contributed by atoms with Crippen molar-refractivity contribution >= 4 is 22.7 Å². The number of carboxylic acid groups (broad SMARTS) is 1. The van der Waals surface area contributed by atoms with Gasteiger partial charge in [0.15, 0.2) is 0 Å². The molecule has 0 spiro atoms. The number of carbonyl (C=O) groups excluding carboxylic acids is 1. The second-order valence-electron chi connectivity index (χ2n) is 4.51. The molecule has 104 valence electrons. The summed E-state index contributed by atoms with van der Waals surface area (Å²) in [6.45, 7) is 1.71. The van der Waals surface area contributed by atoms with E-state index in [2.05, 4.69) is 0 Å². The van der Waals surface area contributed by atoms with Crippen molar-refractivity contribution in [3.63, 3.8) is 0 Å². The minimum absolute atomic E-state index is 0.0814. The van der Waals surface area contributed by atoms with Crippen molar-refractivity contribution in [3.8, 4) is 0 Å². The van der Waals surface area contributed by atoms with Gasteiger partial charge < -0.3 is 9.84 Å². The SMILES string of the molecule is CCC(C(=O)OC1CCCCC1)S(=O)CC(=O)O. The zero-order valence-electron chi connectivity index (χ0n) is 10.6. The van der Waals surface area contributed by atoms with E-state index >= 15 is 0 Å². The van der Waals surface area contributed by atoms with Gasteiger partial charge in [-0.2, -0.15) is 0 Å². The summed E-state index contributed by atoms with van der Waals surface area (Å²) in [4.78, 5) is 22.4. The average Bonchev–Trinajstić information content (AvgIpc) is 2.30. The Morgan fingerprint density at radius 1 is 1.33 bits per heavy atom. The second-order valence-corrected chi connectivity index (χ2v) is 6.13. The van der Waals surface area contributed by atoms with Gasteiger partial charge in [-0.05, 0) is 32.1 Å². The van der Waals surface area contributed by atoms with Gasteiger partial charge in [0.2, 0.25) is 0 Å². The molecule has 0 aromatic carbocycles. The van der Waals surface area contributed by atoms with E-state index in [0.29, 0.717) is 6.42 Å². The minimum Gasteiger partial charge on any atom is -0.481 e. The average molecular weight is 276 g/mol. The van der Waals surface area contributed by atoms with E-state index < -0.39 is 33.7 Å². The molecule has 0 bridgehead atoms. The van der Waals surface area contributed by atoms with Gasteiger partial charge in [-0.3, -0.25) is 13.8 Å². The predicted octanol–water partition coefficient (Wildman–Crippen LogP) is 1.47. The van der Waals surface area contributed by atoms with E-state index in [1.807, 2.05) is 0 Å². The summed E-state index contributed by atoms with van der Waals surface area (Å²) >= 11 is 0. The topological polar surface area (TPSA) is 80.7 Å².